The lowest BCUT2D eigenvalue weighted by Crippen LogP contribution is -2.30. The topological polar surface area (TPSA) is 88.9 Å². The zero-order chi connectivity index (χ0) is 20.1. The van der Waals surface area contributed by atoms with Gasteiger partial charge in [0, 0.05) is 37.1 Å². The number of aryl methyl sites for hydroxylation is 1. The van der Waals surface area contributed by atoms with Crippen molar-refractivity contribution < 1.29 is 17.2 Å². The van der Waals surface area contributed by atoms with E-state index >= 15 is 0 Å². The second-order valence-electron chi connectivity index (χ2n) is 6.06. The minimum Gasteiger partial charge on any atom is -0.369 e. The molecule has 0 spiro atoms. The lowest BCUT2D eigenvalue weighted by molar-refractivity contribution is 0.571. The Morgan fingerprint density at radius 2 is 1.82 bits per heavy atom. The van der Waals surface area contributed by atoms with Crippen LogP contribution in [0.15, 0.2) is 48.8 Å². The Morgan fingerprint density at radius 3 is 2.57 bits per heavy atom. The maximum absolute atomic E-state index is 13.6. The SMILES string of the molecule is Cc1nc(NCCNS(=O)(=O)Cc2cc(F)ccc2F)cc(-n2cccc2)n1. The predicted molar refractivity (Wildman–Crippen MR) is 102 cm³/mol. The molecule has 0 saturated heterocycles. The minimum absolute atomic E-state index is 0.0567. The molecule has 0 fully saturated rings. The van der Waals surface area contributed by atoms with Gasteiger partial charge in [0.15, 0.2) is 0 Å². The molecule has 0 aliphatic heterocycles. The molecule has 0 unspecified atom stereocenters. The van der Waals surface area contributed by atoms with E-state index in [1.54, 1.807) is 13.0 Å². The maximum atomic E-state index is 13.6. The summed E-state index contributed by atoms with van der Waals surface area (Å²) in [6.45, 7) is 2.07. The molecule has 0 amide bonds. The Bertz CT molecular complexity index is 1060. The molecule has 0 atom stereocenters. The van der Waals surface area contributed by atoms with Gasteiger partial charge in [-0.25, -0.2) is 31.9 Å². The Labute approximate surface area is 161 Å². The summed E-state index contributed by atoms with van der Waals surface area (Å²) < 4.78 is 55.1. The third kappa shape index (κ3) is 5.33. The first-order valence-corrected chi connectivity index (χ1v) is 10.1. The zero-order valence-electron chi connectivity index (χ0n) is 15.1. The van der Waals surface area contributed by atoms with Crippen LogP contribution >= 0.6 is 0 Å². The van der Waals surface area contributed by atoms with Crippen LogP contribution in [0.25, 0.3) is 5.82 Å². The van der Waals surface area contributed by atoms with Gasteiger partial charge in [0.25, 0.3) is 0 Å². The number of hydrogen-bond donors (Lipinski definition) is 2. The summed E-state index contributed by atoms with van der Waals surface area (Å²) in [5.41, 5.74) is -0.219. The smallest absolute Gasteiger partial charge is 0.215 e. The van der Waals surface area contributed by atoms with Crippen LogP contribution in [0.5, 0.6) is 0 Å². The van der Waals surface area contributed by atoms with Gasteiger partial charge in [-0.3, -0.25) is 0 Å². The van der Waals surface area contributed by atoms with Gasteiger partial charge >= 0.3 is 0 Å². The molecule has 0 aliphatic rings. The summed E-state index contributed by atoms with van der Waals surface area (Å²) in [5, 5.41) is 3.02. The summed E-state index contributed by atoms with van der Waals surface area (Å²) >= 11 is 0. The average molecular weight is 407 g/mol. The molecule has 0 saturated carbocycles. The second-order valence-corrected chi connectivity index (χ2v) is 7.87. The van der Waals surface area contributed by atoms with Gasteiger partial charge in [0.1, 0.15) is 29.1 Å². The molecule has 28 heavy (non-hydrogen) atoms. The number of rotatable bonds is 8. The fourth-order valence-corrected chi connectivity index (χ4v) is 3.71. The van der Waals surface area contributed by atoms with Gasteiger partial charge in [0.05, 0.1) is 5.75 Å². The van der Waals surface area contributed by atoms with Crippen LogP contribution < -0.4 is 10.0 Å². The molecule has 0 bridgehead atoms. The van der Waals surface area contributed by atoms with Gasteiger partial charge in [-0.15, -0.1) is 0 Å². The Hall–Kier alpha value is -2.85. The molecular weight excluding hydrogens is 388 g/mol. The van der Waals surface area contributed by atoms with Crippen LogP contribution in [0.1, 0.15) is 11.4 Å². The maximum Gasteiger partial charge on any atom is 0.215 e. The molecule has 2 aromatic heterocycles. The third-order valence-corrected chi connectivity index (χ3v) is 5.13. The fourth-order valence-electron chi connectivity index (χ4n) is 2.57. The second kappa shape index (κ2) is 8.44. The highest BCUT2D eigenvalue weighted by Gasteiger charge is 2.15. The van der Waals surface area contributed by atoms with Gasteiger partial charge < -0.3 is 9.88 Å². The van der Waals surface area contributed by atoms with Gasteiger partial charge in [-0.2, -0.15) is 0 Å². The lowest BCUT2D eigenvalue weighted by atomic mass is 10.2. The highest BCUT2D eigenvalue weighted by atomic mass is 32.2. The van der Waals surface area contributed by atoms with Crippen LogP contribution in [0.2, 0.25) is 0 Å². The Balaban J connectivity index is 1.56. The normalized spacial score (nSPS) is 11.5. The van der Waals surface area contributed by atoms with Gasteiger partial charge in [-0.05, 0) is 37.3 Å². The van der Waals surface area contributed by atoms with Crippen LogP contribution in [-0.2, 0) is 15.8 Å². The number of halogens is 2. The molecule has 3 rings (SSSR count). The summed E-state index contributed by atoms with van der Waals surface area (Å²) in [4.78, 5) is 8.60. The van der Waals surface area contributed by atoms with Crippen molar-refractivity contribution in [2.24, 2.45) is 0 Å². The number of hydrogen-bond acceptors (Lipinski definition) is 5. The molecule has 10 heteroatoms. The molecule has 1 aromatic carbocycles. The van der Waals surface area contributed by atoms with Crippen molar-refractivity contribution in [2.45, 2.75) is 12.7 Å². The minimum atomic E-state index is -3.81. The van der Waals surface area contributed by atoms with Crippen molar-refractivity contribution in [3.05, 3.63) is 71.8 Å². The third-order valence-electron chi connectivity index (χ3n) is 3.80. The number of aromatic nitrogens is 3. The quantitative estimate of drug-likeness (QED) is 0.560. The van der Waals surface area contributed by atoms with Crippen molar-refractivity contribution in [3.63, 3.8) is 0 Å². The van der Waals surface area contributed by atoms with E-state index in [2.05, 4.69) is 20.0 Å². The first-order valence-electron chi connectivity index (χ1n) is 8.46. The van der Waals surface area contributed by atoms with Crippen molar-refractivity contribution in [3.8, 4) is 5.82 Å². The van der Waals surface area contributed by atoms with E-state index in [0.717, 1.165) is 18.2 Å². The average Bonchev–Trinajstić information content (AvgIpc) is 3.16. The number of nitrogens with one attached hydrogen (secondary N) is 2. The molecule has 0 aliphatic carbocycles. The number of sulfonamides is 1. The van der Waals surface area contributed by atoms with Crippen molar-refractivity contribution >= 4 is 15.8 Å². The van der Waals surface area contributed by atoms with Crippen LogP contribution in [-0.4, -0.2) is 36.0 Å². The van der Waals surface area contributed by atoms with E-state index in [-0.39, 0.29) is 18.7 Å². The summed E-state index contributed by atoms with van der Waals surface area (Å²) in [6.07, 6.45) is 3.70. The zero-order valence-corrected chi connectivity index (χ0v) is 15.9. The molecule has 3 aromatic rings. The fraction of sp³-hybridized carbons (Fsp3) is 0.222. The van der Waals surface area contributed by atoms with Crippen molar-refractivity contribution in [1.29, 1.82) is 0 Å². The highest BCUT2D eigenvalue weighted by Crippen LogP contribution is 2.13. The molecular formula is C18H19F2N5O2S. The van der Waals surface area contributed by atoms with Crippen molar-refractivity contribution in [1.82, 2.24) is 19.3 Å². The number of benzene rings is 1. The first-order chi connectivity index (χ1) is 13.3. The molecule has 2 N–H and O–H groups in total. The van der Waals surface area contributed by atoms with E-state index in [9.17, 15) is 17.2 Å². The summed E-state index contributed by atoms with van der Waals surface area (Å²) in [5.74, 6) is -0.296. The van der Waals surface area contributed by atoms with E-state index in [0.29, 0.717) is 17.5 Å². The molecule has 0 radical (unpaired) electrons. The molecule has 7 nitrogen and oxygen atoms in total. The van der Waals surface area contributed by atoms with Gasteiger partial charge in [0.2, 0.25) is 10.0 Å². The molecule has 148 valence electrons. The lowest BCUT2D eigenvalue weighted by Gasteiger charge is -2.11. The van der Waals surface area contributed by atoms with E-state index in [1.807, 2.05) is 29.1 Å². The number of nitrogens with zero attached hydrogens (tertiary/aromatic N) is 3. The number of anilines is 1. The summed E-state index contributed by atoms with van der Waals surface area (Å²) in [7, 11) is -3.81. The summed E-state index contributed by atoms with van der Waals surface area (Å²) in [6, 6.07) is 8.21. The Morgan fingerprint density at radius 1 is 1.07 bits per heavy atom. The van der Waals surface area contributed by atoms with Crippen LogP contribution in [0.3, 0.4) is 0 Å². The predicted octanol–water partition coefficient (Wildman–Crippen LogP) is 2.39. The Kier molecular flexibility index (Phi) is 6.00. The highest BCUT2D eigenvalue weighted by molar-refractivity contribution is 7.88. The van der Waals surface area contributed by atoms with Crippen LogP contribution in [0, 0.1) is 18.6 Å². The van der Waals surface area contributed by atoms with Crippen LogP contribution in [0.4, 0.5) is 14.6 Å². The van der Waals surface area contributed by atoms with E-state index in [1.165, 1.54) is 0 Å². The largest absolute Gasteiger partial charge is 0.369 e. The van der Waals surface area contributed by atoms with E-state index in [4.69, 9.17) is 0 Å². The monoisotopic (exact) mass is 407 g/mol. The standard InChI is InChI=1S/C18H19F2N5O2S/c1-13-23-17(11-18(24-13)25-8-2-3-9-25)21-6-7-22-28(26,27)12-14-10-15(19)4-5-16(14)20/h2-5,8-11,22H,6-7,12H2,1H3,(H,21,23,24). The van der Waals surface area contributed by atoms with Gasteiger partial charge in [-0.1, -0.05) is 0 Å². The molecule has 2 heterocycles. The van der Waals surface area contributed by atoms with Crippen molar-refractivity contribution in [2.75, 3.05) is 18.4 Å². The van der Waals surface area contributed by atoms with E-state index < -0.39 is 27.4 Å². The first kappa shape index (κ1) is 19.9.